The molecule has 1 fully saturated rings. The third-order valence-electron chi connectivity index (χ3n) is 5.28. The summed E-state index contributed by atoms with van der Waals surface area (Å²) in [5.74, 6) is 0.685. The molecule has 0 radical (unpaired) electrons. The molecule has 1 aliphatic heterocycles. The summed E-state index contributed by atoms with van der Waals surface area (Å²) in [5.41, 5.74) is 0.982. The molecule has 1 N–H and O–H groups in total. The first-order valence-electron chi connectivity index (χ1n) is 9.71. The summed E-state index contributed by atoms with van der Waals surface area (Å²) in [6.07, 6.45) is 0. The van der Waals surface area contributed by atoms with Crippen LogP contribution in [-0.2, 0) is 21.4 Å². The molecular weight excluding hydrogens is 426 g/mol. The molecule has 0 saturated carbocycles. The van der Waals surface area contributed by atoms with E-state index in [9.17, 15) is 13.2 Å². The van der Waals surface area contributed by atoms with Gasteiger partial charge in [0.25, 0.3) is 0 Å². The van der Waals surface area contributed by atoms with Crippen molar-refractivity contribution in [2.24, 2.45) is 0 Å². The van der Waals surface area contributed by atoms with Crippen molar-refractivity contribution in [2.75, 3.05) is 33.3 Å². The maximum absolute atomic E-state index is 12.8. The molecule has 162 valence electrons. The zero-order valence-electron chi connectivity index (χ0n) is 17.0. The van der Waals surface area contributed by atoms with Gasteiger partial charge in [-0.2, -0.15) is 4.31 Å². The minimum Gasteiger partial charge on any atom is -0.497 e. The van der Waals surface area contributed by atoms with Gasteiger partial charge in [0.15, 0.2) is 0 Å². The third kappa shape index (κ3) is 5.31. The predicted molar refractivity (Wildman–Crippen MR) is 116 cm³/mol. The summed E-state index contributed by atoms with van der Waals surface area (Å²) in [7, 11) is -1.95. The number of carbonyl (C=O) groups is 1. The summed E-state index contributed by atoms with van der Waals surface area (Å²) in [6.45, 7) is 3.92. The highest BCUT2D eigenvalue weighted by atomic mass is 35.5. The normalized spacial score (nSPS) is 16.8. The lowest BCUT2D eigenvalue weighted by molar-refractivity contribution is -0.126. The molecule has 2 aromatic carbocycles. The van der Waals surface area contributed by atoms with Gasteiger partial charge in [-0.25, -0.2) is 8.42 Å². The van der Waals surface area contributed by atoms with Gasteiger partial charge in [-0.05, 0) is 48.9 Å². The van der Waals surface area contributed by atoms with Crippen LogP contribution in [0.15, 0.2) is 53.4 Å². The first-order chi connectivity index (χ1) is 14.3. The lowest BCUT2D eigenvalue weighted by atomic mass is 10.2. The lowest BCUT2D eigenvalue weighted by Gasteiger charge is -2.36. The Morgan fingerprint density at radius 2 is 1.67 bits per heavy atom. The fourth-order valence-corrected chi connectivity index (χ4v) is 4.88. The summed E-state index contributed by atoms with van der Waals surface area (Å²) in [6, 6.07) is 13.3. The molecule has 1 saturated heterocycles. The number of halogens is 1. The zero-order chi connectivity index (χ0) is 21.7. The van der Waals surface area contributed by atoms with E-state index in [4.69, 9.17) is 16.3 Å². The van der Waals surface area contributed by atoms with Gasteiger partial charge in [0, 0.05) is 37.7 Å². The van der Waals surface area contributed by atoms with Crippen LogP contribution >= 0.6 is 11.6 Å². The van der Waals surface area contributed by atoms with Gasteiger partial charge in [-0.15, -0.1) is 0 Å². The number of carbonyl (C=O) groups excluding carboxylic acids is 1. The third-order valence-corrected chi connectivity index (χ3v) is 7.44. The molecule has 1 amide bonds. The van der Waals surface area contributed by atoms with Crippen molar-refractivity contribution < 1.29 is 17.9 Å². The van der Waals surface area contributed by atoms with Gasteiger partial charge in [0.05, 0.1) is 18.0 Å². The van der Waals surface area contributed by atoms with Crippen molar-refractivity contribution >= 4 is 27.5 Å². The van der Waals surface area contributed by atoms with Crippen LogP contribution in [0, 0.1) is 0 Å². The van der Waals surface area contributed by atoms with Crippen LogP contribution in [0.3, 0.4) is 0 Å². The number of nitrogens with one attached hydrogen (secondary N) is 1. The Morgan fingerprint density at radius 3 is 2.23 bits per heavy atom. The van der Waals surface area contributed by atoms with Crippen molar-refractivity contribution in [2.45, 2.75) is 24.4 Å². The van der Waals surface area contributed by atoms with Crippen LogP contribution in [0.25, 0.3) is 0 Å². The Hall–Kier alpha value is -2.13. The van der Waals surface area contributed by atoms with E-state index in [1.807, 2.05) is 36.1 Å². The maximum atomic E-state index is 12.8. The Morgan fingerprint density at radius 1 is 1.07 bits per heavy atom. The van der Waals surface area contributed by atoms with Gasteiger partial charge in [0.1, 0.15) is 5.75 Å². The van der Waals surface area contributed by atoms with Crippen molar-refractivity contribution in [3.05, 3.63) is 59.1 Å². The number of ether oxygens (including phenoxy) is 1. The smallest absolute Gasteiger partial charge is 0.243 e. The van der Waals surface area contributed by atoms with E-state index in [0.29, 0.717) is 37.7 Å². The van der Waals surface area contributed by atoms with Crippen LogP contribution in [-0.4, -0.2) is 62.9 Å². The molecule has 3 rings (SSSR count). The van der Waals surface area contributed by atoms with Crippen LogP contribution in [0.5, 0.6) is 5.75 Å². The van der Waals surface area contributed by atoms with E-state index < -0.39 is 10.0 Å². The van der Waals surface area contributed by atoms with E-state index >= 15 is 0 Å². The number of sulfonamides is 1. The molecule has 1 heterocycles. The fraction of sp³-hybridized carbons (Fsp3) is 0.381. The SMILES string of the molecule is COc1ccc(CNC(=O)[C@@H](C)N2CCN(S(=O)(=O)c3ccc(Cl)cc3)CC2)cc1. The topological polar surface area (TPSA) is 79.0 Å². The molecule has 1 atom stereocenters. The number of rotatable bonds is 7. The number of benzene rings is 2. The first kappa shape index (κ1) is 22.6. The van der Waals surface area contributed by atoms with Gasteiger partial charge in [-0.1, -0.05) is 23.7 Å². The van der Waals surface area contributed by atoms with Crippen LogP contribution in [0.2, 0.25) is 5.02 Å². The second-order valence-corrected chi connectivity index (χ2v) is 9.51. The molecule has 0 spiro atoms. The molecule has 0 aromatic heterocycles. The van der Waals surface area contributed by atoms with Crippen molar-refractivity contribution in [1.29, 1.82) is 0 Å². The minimum absolute atomic E-state index is 0.0835. The van der Waals surface area contributed by atoms with E-state index in [0.717, 1.165) is 11.3 Å². The summed E-state index contributed by atoms with van der Waals surface area (Å²) >= 11 is 5.85. The molecule has 0 aliphatic carbocycles. The number of methoxy groups -OCH3 is 1. The summed E-state index contributed by atoms with van der Waals surface area (Å²) in [4.78, 5) is 14.8. The fourth-order valence-electron chi connectivity index (χ4n) is 3.33. The summed E-state index contributed by atoms with van der Waals surface area (Å²) < 4.78 is 32.2. The number of piperazine rings is 1. The highest BCUT2D eigenvalue weighted by Crippen LogP contribution is 2.20. The second kappa shape index (κ2) is 9.78. The number of nitrogens with zero attached hydrogens (tertiary/aromatic N) is 2. The highest BCUT2D eigenvalue weighted by Gasteiger charge is 2.31. The largest absolute Gasteiger partial charge is 0.497 e. The Balaban J connectivity index is 1.52. The molecule has 30 heavy (non-hydrogen) atoms. The molecule has 0 unspecified atom stereocenters. The van der Waals surface area contributed by atoms with Gasteiger partial charge < -0.3 is 10.1 Å². The van der Waals surface area contributed by atoms with Crippen LogP contribution in [0.4, 0.5) is 0 Å². The monoisotopic (exact) mass is 451 g/mol. The molecule has 0 bridgehead atoms. The van der Waals surface area contributed by atoms with E-state index in [1.54, 1.807) is 19.2 Å². The van der Waals surface area contributed by atoms with Crippen molar-refractivity contribution in [3.63, 3.8) is 0 Å². The predicted octanol–water partition coefficient (Wildman–Crippen LogP) is 2.36. The van der Waals surface area contributed by atoms with Gasteiger partial charge in [-0.3, -0.25) is 9.69 Å². The zero-order valence-corrected chi connectivity index (χ0v) is 18.6. The van der Waals surface area contributed by atoms with Crippen molar-refractivity contribution in [1.82, 2.24) is 14.5 Å². The number of amides is 1. The lowest BCUT2D eigenvalue weighted by Crippen LogP contribution is -2.54. The Bertz CT molecular complexity index is 957. The van der Waals surface area contributed by atoms with E-state index in [-0.39, 0.29) is 16.8 Å². The van der Waals surface area contributed by atoms with E-state index in [1.165, 1.54) is 16.4 Å². The molecular formula is C21H26ClN3O4S. The average Bonchev–Trinajstić information content (AvgIpc) is 2.77. The number of hydrogen-bond acceptors (Lipinski definition) is 5. The molecule has 1 aliphatic rings. The molecule has 9 heteroatoms. The molecule has 7 nitrogen and oxygen atoms in total. The minimum atomic E-state index is -3.56. The van der Waals surface area contributed by atoms with Crippen molar-refractivity contribution in [3.8, 4) is 5.75 Å². The quantitative estimate of drug-likeness (QED) is 0.699. The highest BCUT2D eigenvalue weighted by molar-refractivity contribution is 7.89. The maximum Gasteiger partial charge on any atom is 0.243 e. The van der Waals surface area contributed by atoms with Crippen LogP contribution in [0.1, 0.15) is 12.5 Å². The number of hydrogen-bond donors (Lipinski definition) is 1. The van der Waals surface area contributed by atoms with Gasteiger partial charge >= 0.3 is 0 Å². The first-order valence-corrected chi connectivity index (χ1v) is 11.5. The molecule has 2 aromatic rings. The van der Waals surface area contributed by atoms with Gasteiger partial charge in [0.2, 0.25) is 15.9 Å². The standard InChI is InChI=1S/C21H26ClN3O4S/c1-16(21(26)23-15-17-3-7-19(29-2)8-4-17)24-11-13-25(14-12-24)30(27,28)20-9-5-18(22)6-10-20/h3-10,16H,11-15H2,1-2H3,(H,23,26)/t16-/m1/s1. The average molecular weight is 452 g/mol. The second-order valence-electron chi connectivity index (χ2n) is 7.14. The summed E-state index contributed by atoms with van der Waals surface area (Å²) in [5, 5.41) is 3.43. The van der Waals surface area contributed by atoms with E-state index in [2.05, 4.69) is 5.32 Å². The Kier molecular flexibility index (Phi) is 7.36. The van der Waals surface area contributed by atoms with Crippen LogP contribution < -0.4 is 10.1 Å². The Labute approximate surface area is 182 Å².